The highest BCUT2D eigenvalue weighted by molar-refractivity contribution is 7.16. The summed E-state index contributed by atoms with van der Waals surface area (Å²) in [5.74, 6) is -0.579. The van der Waals surface area contributed by atoms with Gasteiger partial charge in [-0.15, -0.1) is 11.3 Å². The molecular formula is C22H22N2O3S. The van der Waals surface area contributed by atoms with Gasteiger partial charge in [0, 0.05) is 11.0 Å². The van der Waals surface area contributed by atoms with Crippen molar-refractivity contribution >= 4 is 34.3 Å². The number of hydrogen-bond acceptors (Lipinski definition) is 5. The Labute approximate surface area is 168 Å². The summed E-state index contributed by atoms with van der Waals surface area (Å²) in [5, 5.41) is 12.6. The van der Waals surface area contributed by atoms with Gasteiger partial charge in [-0.25, -0.2) is 4.79 Å². The monoisotopic (exact) mass is 394 g/mol. The summed E-state index contributed by atoms with van der Waals surface area (Å²) >= 11 is 1.44. The molecule has 1 aliphatic rings. The number of thiophene rings is 1. The fourth-order valence-electron chi connectivity index (χ4n) is 3.11. The van der Waals surface area contributed by atoms with Crippen LogP contribution >= 0.6 is 11.3 Å². The van der Waals surface area contributed by atoms with Crippen LogP contribution in [0.1, 0.15) is 53.3 Å². The van der Waals surface area contributed by atoms with Gasteiger partial charge in [0.15, 0.2) is 6.61 Å². The van der Waals surface area contributed by atoms with Crippen molar-refractivity contribution in [1.29, 1.82) is 5.26 Å². The lowest BCUT2D eigenvalue weighted by molar-refractivity contribution is -0.142. The second-order valence-electron chi connectivity index (χ2n) is 6.98. The Morgan fingerprint density at radius 2 is 2.04 bits per heavy atom. The highest BCUT2D eigenvalue weighted by Gasteiger charge is 2.23. The minimum absolute atomic E-state index is 0.386. The summed E-state index contributed by atoms with van der Waals surface area (Å²) in [5.41, 5.74) is 3.71. The maximum absolute atomic E-state index is 12.1. The summed E-state index contributed by atoms with van der Waals surface area (Å²) in [6.07, 6.45) is 5.83. The molecule has 0 bridgehead atoms. The van der Waals surface area contributed by atoms with E-state index < -0.39 is 11.9 Å². The van der Waals surface area contributed by atoms with Gasteiger partial charge in [0.25, 0.3) is 5.91 Å². The lowest BCUT2D eigenvalue weighted by atomic mass is 10.0. The SMILES string of the molecule is CC(C)c1ccc(/C=C/C(=O)OCC(=O)Nc2sc3c(c2C#N)CCC3)cc1. The Morgan fingerprint density at radius 1 is 1.29 bits per heavy atom. The first-order chi connectivity index (χ1) is 13.5. The Morgan fingerprint density at radius 3 is 2.71 bits per heavy atom. The number of benzene rings is 1. The van der Waals surface area contributed by atoms with Crippen molar-refractivity contribution in [3.63, 3.8) is 0 Å². The maximum atomic E-state index is 12.1. The molecule has 2 aromatic rings. The fourth-order valence-corrected chi connectivity index (χ4v) is 4.37. The summed E-state index contributed by atoms with van der Waals surface area (Å²) in [4.78, 5) is 25.1. The molecule has 1 aromatic heterocycles. The first-order valence-corrected chi connectivity index (χ1v) is 10.1. The van der Waals surface area contributed by atoms with Crippen LogP contribution in [0.4, 0.5) is 5.00 Å². The third-order valence-corrected chi connectivity index (χ3v) is 5.85. The van der Waals surface area contributed by atoms with Gasteiger partial charge < -0.3 is 10.1 Å². The van der Waals surface area contributed by atoms with Gasteiger partial charge in [0.05, 0.1) is 5.56 Å². The second kappa shape index (κ2) is 8.85. The van der Waals surface area contributed by atoms with E-state index in [4.69, 9.17) is 4.74 Å². The van der Waals surface area contributed by atoms with Crippen molar-refractivity contribution in [1.82, 2.24) is 0 Å². The van der Waals surface area contributed by atoms with Gasteiger partial charge in [-0.1, -0.05) is 38.1 Å². The zero-order chi connectivity index (χ0) is 20.1. The average molecular weight is 394 g/mol. The van der Waals surface area contributed by atoms with Gasteiger partial charge in [0.2, 0.25) is 0 Å². The fraction of sp³-hybridized carbons (Fsp3) is 0.318. The van der Waals surface area contributed by atoms with E-state index in [1.807, 2.05) is 24.3 Å². The van der Waals surface area contributed by atoms with Crippen LogP contribution in [0.2, 0.25) is 0 Å². The van der Waals surface area contributed by atoms with Gasteiger partial charge in [-0.2, -0.15) is 5.26 Å². The Balaban J connectivity index is 1.51. The largest absolute Gasteiger partial charge is 0.452 e. The molecule has 1 aromatic carbocycles. The van der Waals surface area contributed by atoms with Crippen LogP contribution in [0.25, 0.3) is 6.08 Å². The van der Waals surface area contributed by atoms with Crippen LogP contribution in [-0.2, 0) is 27.2 Å². The molecule has 0 unspecified atom stereocenters. The van der Waals surface area contributed by atoms with Crippen molar-refractivity contribution < 1.29 is 14.3 Å². The summed E-state index contributed by atoms with van der Waals surface area (Å²) in [6, 6.07) is 10.1. The lowest BCUT2D eigenvalue weighted by Gasteiger charge is -2.05. The number of nitrogens with zero attached hydrogens (tertiary/aromatic N) is 1. The zero-order valence-corrected chi connectivity index (χ0v) is 16.8. The van der Waals surface area contributed by atoms with Crippen molar-refractivity contribution in [3.8, 4) is 6.07 Å². The normalized spacial score (nSPS) is 12.8. The molecule has 1 aliphatic carbocycles. The highest BCUT2D eigenvalue weighted by Crippen LogP contribution is 2.38. The van der Waals surface area contributed by atoms with Crippen molar-refractivity contribution in [3.05, 3.63) is 57.5 Å². The van der Waals surface area contributed by atoms with E-state index in [9.17, 15) is 14.9 Å². The smallest absolute Gasteiger partial charge is 0.331 e. The number of carbonyl (C=O) groups excluding carboxylic acids is 2. The number of anilines is 1. The van der Waals surface area contributed by atoms with Gasteiger partial charge >= 0.3 is 5.97 Å². The molecule has 0 saturated carbocycles. The first-order valence-electron chi connectivity index (χ1n) is 9.27. The Kier molecular flexibility index (Phi) is 6.27. The Hall–Kier alpha value is -2.91. The van der Waals surface area contributed by atoms with Crippen LogP contribution in [0.15, 0.2) is 30.3 Å². The molecule has 1 amide bonds. The molecular weight excluding hydrogens is 372 g/mol. The summed E-state index contributed by atoms with van der Waals surface area (Å²) in [7, 11) is 0. The molecule has 0 radical (unpaired) electrons. The Bertz CT molecular complexity index is 949. The highest BCUT2D eigenvalue weighted by atomic mass is 32.1. The van der Waals surface area contributed by atoms with Gasteiger partial charge in [-0.3, -0.25) is 4.79 Å². The van der Waals surface area contributed by atoms with E-state index in [0.29, 0.717) is 16.5 Å². The third kappa shape index (κ3) is 4.68. The number of fused-ring (bicyclic) bond motifs is 1. The quantitative estimate of drug-likeness (QED) is 0.581. The second-order valence-corrected chi connectivity index (χ2v) is 8.09. The topological polar surface area (TPSA) is 79.2 Å². The molecule has 28 heavy (non-hydrogen) atoms. The minimum Gasteiger partial charge on any atom is -0.452 e. The number of rotatable bonds is 6. The molecule has 0 fully saturated rings. The van der Waals surface area contributed by atoms with Crippen LogP contribution in [0, 0.1) is 11.3 Å². The first kappa shape index (κ1) is 19.8. The van der Waals surface area contributed by atoms with E-state index in [2.05, 4.69) is 25.2 Å². The number of aryl methyl sites for hydroxylation is 1. The number of amides is 1. The van der Waals surface area contributed by atoms with Crippen LogP contribution in [-0.4, -0.2) is 18.5 Å². The van der Waals surface area contributed by atoms with Crippen molar-refractivity contribution in [2.24, 2.45) is 0 Å². The lowest BCUT2D eigenvalue weighted by Crippen LogP contribution is -2.20. The molecule has 0 atom stereocenters. The van der Waals surface area contributed by atoms with E-state index in [1.165, 1.54) is 23.0 Å². The van der Waals surface area contributed by atoms with Crippen molar-refractivity contribution in [2.75, 3.05) is 11.9 Å². The molecule has 0 spiro atoms. The predicted molar refractivity (Wildman–Crippen MR) is 110 cm³/mol. The van der Waals surface area contributed by atoms with Crippen LogP contribution < -0.4 is 5.32 Å². The van der Waals surface area contributed by atoms with E-state index in [1.54, 1.807) is 6.08 Å². The molecule has 6 heteroatoms. The molecule has 5 nitrogen and oxygen atoms in total. The molecule has 1 heterocycles. The third-order valence-electron chi connectivity index (χ3n) is 4.65. The van der Waals surface area contributed by atoms with Crippen LogP contribution in [0.5, 0.6) is 0 Å². The number of nitriles is 1. The predicted octanol–water partition coefficient (Wildman–Crippen LogP) is 4.43. The van der Waals surface area contributed by atoms with Gasteiger partial charge in [0.1, 0.15) is 11.1 Å². The van der Waals surface area contributed by atoms with Crippen LogP contribution in [0.3, 0.4) is 0 Å². The summed E-state index contributed by atoms with van der Waals surface area (Å²) in [6.45, 7) is 3.86. The number of esters is 1. The molecule has 0 saturated heterocycles. The van der Waals surface area contributed by atoms with E-state index in [-0.39, 0.29) is 6.61 Å². The zero-order valence-electron chi connectivity index (χ0n) is 16.0. The molecule has 3 rings (SSSR count). The number of ether oxygens (including phenoxy) is 1. The minimum atomic E-state index is -0.586. The van der Waals surface area contributed by atoms with Gasteiger partial charge in [-0.05, 0) is 47.9 Å². The molecule has 0 aliphatic heterocycles. The molecule has 144 valence electrons. The van der Waals surface area contributed by atoms with Crippen molar-refractivity contribution in [2.45, 2.75) is 39.0 Å². The van der Waals surface area contributed by atoms with E-state index >= 15 is 0 Å². The number of nitrogens with one attached hydrogen (secondary N) is 1. The average Bonchev–Trinajstić information content (AvgIpc) is 3.25. The van der Waals surface area contributed by atoms with E-state index in [0.717, 1.165) is 35.3 Å². The number of carbonyl (C=O) groups is 2. The molecule has 1 N–H and O–H groups in total. The standard InChI is InChI=1S/C22H22N2O3S/c1-14(2)16-9-6-15(7-10-16)8-11-21(26)27-13-20(25)24-22-18(12-23)17-4-3-5-19(17)28-22/h6-11,14H,3-5,13H2,1-2H3,(H,24,25)/b11-8+. The summed E-state index contributed by atoms with van der Waals surface area (Å²) < 4.78 is 4.99. The maximum Gasteiger partial charge on any atom is 0.331 e. The number of hydrogen-bond donors (Lipinski definition) is 1.